The number of aromatic nitrogens is 3. The predicted molar refractivity (Wildman–Crippen MR) is 138 cm³/mol. The minimum absolute atomic E-state index is 0.332. The Kier molecular flexibility index (Phi) is 5.68. The van der Waals surface area contributed by atoms with Crippen LogP contribution >= 0.6 is 11.6 Å². The monoisotopic (exact) mass is 474 g/mol. The quantitative estimate of drug-likeness (QED) is 0.451. The van der Waals surface area contributed by atoms with Crippen LogP contribution in [0, 0.1) is 5.41 Å². The van der Waals surface area contributed by atoms with Gasteiger partial charge in [-0.15, -0.1) is 0 Å². The van der Waals surface area contributed by atoms with Crippen molar-refractivity contribution < 1.29 is 0 Å². The van der Waals surface area contributed by atoms with Crippen molar-refractivity contribution in [2.24, 2.45) is 7.05 Å². The summed E-state index contributed by atoms with van der Waals surface area (Å²) in [6, 6.07) is 15.5. The summed E-state index contributed by atoms with van der Waals surface area (Å²) in [7, 11) is 1.99. The molecule has 0 bridgehead atoms. The summed E-state index contributed by atoms with van der Waals surface area (Å²) >= 11 is 6.12. The fourth-order valence-electron chi connectivity index (χ4n) is 5.91. The van der Waals surface area contributed by atoms with E-state index in [1.54, 1.807) is 0 Å². The average molecular weight is 475 g/mol. The summed E-state index contributed by atoms with van der Waals surface area (Å²) in [5, 5.41) is 14.3. The third-order valence-electron chi connectivity index (χ3n) is 7.84. The van der Waals surface area contributed by atoms with E-state index in [0.29, 0.717) is 17.7 Å². The zero-order chi connectivity index (χ0) is 23.2. The molecule has 6 rings (SSSR count). The molecule has 6 nitrogen and oxygen atoms in total. The van der Waals surface area contributed by atoms with E-state index in [1.807, 2.05) is 29.9 Å². The molecular weight excluding hydrogens is 444 g/mol. The van der Waals surface area contributed by atoms with Gasteiger partial charge in [0.25, 0.3) is 0 Å². The number of fused-ring (bicyclic) bond motifs is 3. The van der Waals surface area contributed by atoms with Crippen LogP contribution in [0.5, 0.6) is 0 Å². The fourth-order valence-corrected chi connectivity index (χ4v) is 6.03. The Labute approximate surface area is 204 Å². The summed E-state index contributed by atoms with van der Waals surface area (Å²) in [5.74, 6) is 0. The van der Waals surface area contributed by atoms with E-state index >= 15 is 0 Å². The van der Waals surface area contributed by atoms with Crippen molar-refractivity contribution >= 4 is 33.5 Å². The molecular formula is C27H31ClN6. The van der Waals surface area contributed by atoms with E-state index in [4.69, 9.17) is 22.0 Å². The molecule has 0 spiro atoms. The highest BCUT2D eigenvalue weighted by molar-refractivity contribution is 6.30. The molecule has 2 aliphatic heterocycles. The molecule has 0 amide bonds. The van der Waals surface area contributed by atoms with Crippen molar-refractivity contribution in [3.8, 4) is 11.1 Å². The molecule has 4 heterocycles. The van der Waals surface area contributed by atoms with Gasteiger partial charge in [-0.05, 0) is 74.2 Å². The lowest BCUT2D eigenvalue weighted by atomic mass is 9.98. The van der Waals surface area contributed by atoms with Crippen molar-refractivity contribution in [2.75, 3.05) is 26.2 Å². The molecule has 2 N–H and O–H groups in total. The zero-order valence-electron chi connectivity index (χ0n) is 19.6. The summed E-state index contributed by atoms with van der Waals surface area (Å²) in [4.78, 5) is 7.42. The topological polar surface area (TPSA) is 61.9 Å². The van der Waals surface area contributed by atoms with Gasteiger partial charge in [-0.3, -0.25) is 10.4 Å². The Bertz CT molecular complexity index is 1390. The van der Waals surface area contributed by atoms with Crippen LogP contribution in [-0.2, 0) is 7.05 Å². The third kappa shape index (κ3) is 3.74. The zero-order valence-corrected chi connectivity index (χ0v) is 20.4. The van der Waals surface area contributed by atoms with E-state index in [0.717, 1.165) is 77.1 Å². The van der Waals surface area contributed by atoms with Gasteiger partial charge in [0.05, 0.1) is 22.7 Å². The molecule has 34 heavy (non-hydrogen) atoms. The number of hydrogen-bond acceptors (Lipinski definition) is 4. The number of pyridine rings is 1. The SMILES string of the molecule is Cn1c(=N)n(C2CCN(C3CCNCC3)CC2)c2c3cc(-c4ccc(Cl)cc4)ccc3ncc21. The van der Waals surface area contributed by atoms with Crippen LogP contribution in [0.1, 0.15) is 31.7 Å². The van der Waals surface area contributed by atoms with Crippen molar-refractivity contribution in [3.05, 3.63) is 59.3 Å². The number of imidazole rings is 1. The van der Waals surface area contributed by atoms with Gasteiger partial charge in [-0.2, -0.15) is 0 Å². The second-order valence-corrected chi connectivity index (χ2v) is 10.2. The van der Waals surface area contributed by atoms with E-state index in [9.17, 15) is 0 Å². The van der Waals surface area contributed by atoms with Gasteiger partial charge in [0.1, 0.15) is 0 Å². The highest BCUT2D eigenvalue weighted by Crippen LogP contribution is 2.33. The molecule has 2 aromatic carbocycles. The van der Waals surface area contributed by atoms with Gasteiger partial charge >= 0.3 is 0 Å². The second-order valence-electron chi connectivity index (χ2n) is 9.73. The molecule has 2 aromatic heterocycles. The fraction of sp³-hybridized carbons (Fsp3) is 0.407. The maximum Gasteiger partial charge on any atom is 0.203 e. The van der Waals surface area contributed by atoms with Crippen LogP contribution in [0.3, 0.4) is 0 Å². The number of rotatable bonds is 3. The van der Waals surface area contributed by atoms with Crippen LogP contribution in [0.2, 0.25) is 5.02 Å². The Morgan fingerprint density at radius 2 is 1.65 bits per heavy atom. The molecule has 176 valence electrons. The van der Waals surface area contributed by atoms with Gasteiger partial charge in [-0.25, -0.2) is 0 Å². The number of hydrogen-bond donors (Lipinski definition) is 2. The van der Waals surface area contributed by atoms with E-state index in [1.165, 1.54) is 12.8 Å². The molecule has 0 atom stereocenters. The smallest absolute Gasteiger partial charge is 0.203 e. The molecule has 2 saturated heterocycles. The second kappa shape index (κ2) is 8.84. The number of halogens is 1. The van der Waals surface area contributed by atoms with Crippen LogP contribution in [0.25, 0.3) is 33.1 Å². The normalized spacial score (nSPS) is 18.8. The Morgan fingerprint density at radius 1 is 0.941 bits per heavy atom. The standard InChI is InChI=1S/C27H31ClN6/c1-32-25-17-31-24-7-4-19(18-2-5-20(28)6-3-18)16-23(24)26(25)34(27(32)29)22-10-14-33(15-11-22)21-8-12-30-13-9-21/h2-7,16-17,21-22,29-30H,8-15H2,1H3. The van der Waals surface area contributed by atoms with E-state index in [2.05, 4.69) is 45.1 Å². The lowest BCUT2D eigenvalue weighted by Crippen LogP contribution is -2.47. The van der Waals surface area contributed by atoms with Crippen molar-refractivity contribution in [3.63, 3.8) is 0 Å². The molecule has 0 radical (unpaired) electrons. The first kappa shape index (κ1) is 21.8. The first-order chi connectivity index (χ1) is 16.6. The molecule has 2 fully saturated rings. The summed E-state index contributed by atoms with van der Waals surface area (Å²) < 4.78 is 4.26. The molecule has 7 heteroatoms. The lowest BCUT2D eigenvalue weighted by Gasteiger charge is -2.39. The largest absolute Gasteiger partial charge is 0.317 e. The van der Waals surface area contributed by atoms with Crippen LogP contribution < -0.4 is 10.9 Å². The van der Waals surface area contributed by atoms with Gasteiger partial charge < -0.3 is 19.4 Å². The maximum absolute atomic E-state index is 8.98. The number of likely N-dealkylation sites (tertiary alicyclic amines) is 1. The number of aryl methyl sites for hydroxylation is 1. The molecule has 4 aromatic rings. The van der Waals surface area contributed by atoms with Crippen LogP contribution in [-0.4, -0.2) is 51.2 Å². The molecule has 0 unspecified atom stereocenters. The average Bonchev–Trinajstić information content (AvgIpc) is 3.15. The van der Waals surface area contributed by atoms with Gasteiger partial charge in [-0.1, -0.05) is 29.8 Å². The summed E-state index contributed by atoms with van der Waals surface area (Å²) in [5.41, 5.74) is 5.95. The molecule has 0 saturated carbocycles. The Hall–Kier alpha value is -2.67. The predicted octanol–water partition coefficient (Wildman–Crippen LogP) is 4.72. The number of nitrogens with one attached hydrogen (secondary N) is 2. The third-order valence-corrected chi connectivity index (χ3v) is 8.09. The van der Waals surface area contributed by atoms with E-state index < -0.39 is 0 Å². The highest BCUT2D eigenvalue weighted by Gasteiger charge is 2.29. The van der Waals surface area contributed by atoms with Gasteiger partial charge in [0, 0.05) is 42.6 Å². The van der Waals surface area contributed by atoms with E-state index in [-0.39, 0.29) is 0 Å². The van der Waals surface area contributed by atoms with Crippen LogP contribution in [0.4, 0.5) is 0 Å². The van der Waals surface area contributed by atoms with Crippen molar-refractivity contribution in [2.45, 2.75) is 37.8 Å². The number of benzene rings is 2. The van der Waals surface area contributed by atoms with Crippen molar-refractivity contribution in [1.29, 1.82) is 5.41 Å². The first-order valence-corrected chi connectivity index (χ1v) is 12.7. The summed E-state index contributed by atoms with van der Waals surface area (Å²) in [6.45, 7) is 4.48. The number of piperidine rings is 2. The number of nitrogens with zero attached hydrogens (tertiary/aromatic N) is 4. The van der Waals surface area contributed by atoms with Gasteiger partial charge in [0.15, 0.2) is 0 Å². The summed E-state index contributed by atoms with van der Waals surface area (Å²) in [6.07, 6.45) is 6.60. The highest BCUT2D eigenvalue weighted by atomic mass is 35.5. The van der Waals surface area contributed by atoms with Crippen LogP contribution in [0.15, 0.2) is 48.7 Å². The maximum atomic E-state index is 8.98. The lowest BCUT2D eigenvalue weighted by molar-refractivity contribution is 0.113. The molecule has 2 aliphatic rings. The van der Waals surface area contributed by atoms with Gasteiger partial charge in [0.2, 0.25) is 5.62 Å². The molecule has 0 aliphatic carbocycles. The Morgan fingerprint density at radius 3 is 2.38 bits per heavy atom. The minimum atomic E-state index is 0.332. The van der Waals surface area contributed by atoms with Crippen molar-refractivity contribution in [1.82, 2.24) is 24.3 Å². The first-order valence-electron chi connectivity index (χ1n) is 12.3. The Balaban J connectivity index is 1.41. The minimum Gasteiger partial charge on any atom is -0.317 e.